The first-order valence-electron chi connectivity index (χ1n) is 28.8. The van der Waals surface area contributed by atoms with Crippen molar-refractivity contribution in [3.63, 3.8) is 0 Å². The molecule has 3 aromatic heterocycles. The number of benzene rings is 9. The summed E-state index contributed by atoms with van der Waals surface area (Å²) in [7, 11) is 0. The van der Waals surface area contributed by atoms with Gasteiger partial charge in [-0.1, -0.05) is 157 Å². The first-order chi connectivity index (χ1) is 37.5. The Morgan fingerprint density at radius 2 is 0.807 bits per heavy atom. The van der Waals surface area contributed by atoms with E-state index in [2.05, 4.69) is 0 Å². The van der Waals surface area contributed by atoms with Gasteiger partial charge in [-0.15, -0.1) is 0 Å². The number of rotatable bonds is 5. The highest BCUT2D eigenvalue weighted by Gasteiger charge is 2.21. The molecule has 0 spiro atoms. The Balaban J connectivity index is 1.31. The van der Waals surface area contributed by atoms with Gasteiger partial charge in [-0.3, -0.25) is 0 Å². The molecule has 0 aliphatic rings. The average Bonchev–Trinajstić information content (AvgIpc) is 2.78. The zero-order chi connectivity index (χ0) is 56.6. The molecule has 3 heterocycles. The largest absolute Gasteiger partial charge is 0.309 e. The van der Waals surface area contributed by atoms with Crippen LogP contribution in [0.25, 0.3) is 105 Å². The molecule has 0 saturated heterocycles. The number of nitrogens with zero attached hydrogens (tertiary/aromatic N) is 3. The highest BCUT2D eigenvalue weighted by molar-refractivity contribution is 6.16. The lowest BCUT2D eigenvalue weighted by molar-refractivity contribution is 1.13. The van der Waals surface area contributed by atoms with Gasteiger partial charge in [0.05, 0.1) is 68.9 Å². The maximum absolute atomic E-state index is 10.4. The van der Waals surface area contributed by atoms with Crippen LogP contribution in [0.15, 0.2) is 212 Å². The summed E-state index contributed by atoms with van der Waals surface area (Å²) >= 11 is 0. The van der Waals surface area contributed by atoms with E-state index >= 15 is 0 Å². The molecule has 0 radical (unpaired) electrons. The second-order valence-corrected chi connectivity index (χ2v) is 13.3. The molecule has 12 rings (SSSR count). The van der Waals surface area contributed by atoms with Gasteiger partial charge in [0.2, 0.25) is 0 Å². The summed E-state index contributed by atoms with van der Waals surface area (Å²) in [5, 5.41) is -2.40. The molecule has 0 fully saturated rings. The van der Waals surface area contributed by atoms with Crippen molar-refractivity contribution in [2.75, 3.05) is 0 Å². The highest BCUT2D eigenvalue weighted by atomic mass is 15.1. The average molecular weight is 748 g/mol. The molecule has 0 unspecified atom stereocenters. The van der Waals surface area contributed by atoms with E-state index in [0.717, 1.165) is 25.8 Å². The third-order valence-electron chi connectivity index (χ3n) is 10.2. The molecule has 3 heteroatoms. The van der Waals surface area contributed by atoms with Crippen molar-refractivity contribution in [2.45, 2.75) is 0 Å². The Kier molecular flexibility index (Phi) is 3.72. The third-order valence-corrected chi connectivity index (χ3v) is 10.2. The Labute approximate surface area is 360 Å². The normalized spacial score (nSPS) is 17.3. The van der Waals surface area contributed by atoms with Crippen molar-refractivity contribution < 1.29 is 30.2 Å². The minimum absolute atomic E-state index is 0.199. The van der Waals surface area contributed by atoms with Gasteiger partial charge in [-0.05, 0) is 76.7 Å². The van der Waals surface area contributed by atoms with E-state index in [1.807, 2.05) is 54.6 Å². The topological polar surface area (TPSA) is 14.8 Å². The molecule has 57 heavy (non-hydrogen) atoms. The van der Waals surface area contributed by atoms with E-state index in [1.54, 1.807) is 24.3 Å². The van der Waals surface area contributed by atoms with Crippen LogP contribution in [0.1, 0.15) is 30.2 Å². The molecule has 0 amide bonds. The fraction of sp³-hybridized carbons (Fsp3) is 0. The zero-order valence-electron chi connectivity index (χ0n) is 51.3. The van der Waals surface area contributed by atoms with Crippen LogP contribution in [0.2, 0.25) is 0 Å². The molecule has 266 valence electrons. The highest BCUT2D eigenvalue weighted by Crippen LogP contribution is 2.41. The maximum Gasteiger partial charge on any atom is 0.0782 e. The maximum atomic E-state index is 10.4. The van der Waals surface area contributed by atoms with Crippen molar-refractivity contribution in [2.24, 2.45) is 0 Å². The van der Waals surface area contributed by atoms with Gasteiger partial charge in [-0.2, -0.15) is 0 Å². The molecule has 12 aromatic rings. The van der Waals surface area contributed by atoms with Gasteiger partial charge < -0.3 is 13.7 Å². The lowest BCUT2D eigenvalue weighted by atomic mass is 10.00. The fourth-order valence-electron chi connectivity index (χ4n) is 7.77. The van der Waals surface area contributed by atoms with E-state index in [4.69, 9.17) is 13.7 Å². The van der Waals surface area contributed by atoms with Crippen LogP contribution in [0.4, 0.5) is 0 Å². The molecule has 0 saturated carbocycles. The summed E-state index contributed by atoms with van der Waals surface area (Å²) in [5.41, 5.74) is -0.576. The minimum Gasteiger partial charge on any atom is -0.309 e. The number of hydrogen-bond donors (Lipinski definition) is 0. The van der Waals surface area contributed by atoms with Crippen LogP contribution in [0, 0.1) is 0 Å². The minimum atomic E-state index is -0.924. The summed E-state index contributed by atoms with van der Waals surface area (Å²) in [4.78, 5) is 0. The van der Waals surface area contributed by atoms with Crippen LogP contribution in [-0.2, 0) is 0 Å². The molecule has 9 aromatic carbocycles. The SMILES string of the molecule is [2H]c1c([2H])c([2H])c2c(c1[2H])c1c([2H])c([2H])c(-n3c4c([2H])c([2H])c([2H])c([2H])c4c4c([2H])c([2H])c([2H])c(-n5c6c([2H])c([2H])c([2H])c([2H])c6c6c([2H])c([2H])c([2H])c([2H])c65)c43)c([2H])c1n2-c1cccc(-c2ccc(-c3ccccc3)cc2)c1. The number of para-hydroxylation sites is 5. The van der Waals surface area contributed by atoms with Crippen LogP contribution >= 0.6 is 0 Å². The van der Waals surface area contributed by atoms with Gasteiger partial charge >= 0.3 is 0 Å². The Morgan fingerprint density at radius 1 is 0.316 bits per heavy atom. The van der Waals surface area contributed by atoms with Gasteiger partial charge in [0.25, 0.3) is 0 Å². The Morgan fingerprint density at radius 3 is 1.46 bits per heavy atom. The second kappa shape index (κ2) is 12.5. The quantitative estimate of drug-likeness (QED) is 0.167. The van der Waals surface area contributed by atoms with E-state index in [0.29, 0.717) is 5.56 Å². The van der Waals surface area contributed by atoms with Crippen molar-refractivity contribution in [3.8, 4) is 39.3 Å². The smallest absolute Gasteiger partial charge is 0.0782 e. The van der Waals surface area contributed by atoms with Crippen LogP contribution < -0.4 is 0 Å². The van der Waals surface area contributed by atoms with Gasteiger partial charge in [0, 0.05) is 43.7 Å². The molecular formula is C54H35N3. The molecule has 0 atom stereocenters. The molecule has 3 nitrogen and oxygen atoms in total. The molecule has 0 aliphatic carbocycles. The second-order valence-electron chi connectivity index (χ2n) is 13.3. The predicted molar refractivity (Wildman–Crippen MR) is 240 cm³/mol. The molecular weight excluding hydrogens is 691 g/mol. The standard InChI is InChI=1S/C54H35N3/c1-2-14-36(15-3-1)37-28-30-38(31-29-37)39-16-12-17-40(34-39)55-48-23-8-4-20-44(48)46-33-32-41(35-53(46)55)56-49-24-9-7-21-45(49)47-22-13-27-52(54(47)56)57-50-25-10-5-18-42(50)43-19-6-11-26-51(43)57/h1-35H/i4D,5D,6D,7D,8D,9D,10D,11D,13D,18D,19D,20D,21D,22D,23D,24D,25D,26D,27D,32D,33D,35D. The van der Waals surface area contributed by atoms with E-state index in [9.17, 15) is 16.4 Å². The van der Waals surface area contributed by atoms with Crippen molar-refractivity contribution in [1.82, 2.24) is 13.7 Å². The van der Waals surface area contributed by atoms with Gasteiger partial charge in [-0.25, -0.2) is 0 Å². The number of fused-ring (bicyclic) bond motifs is 9. The van der Waals surface area contributed by atoms with E-state index in [-0.39, 0.29) is 27.5 Å². The summed E-state index contributed by atoms with van der Waals surface area (Å²) in [6.45, 7) is 0. The molecule has 0 aliphatic heterocycles. The first kappa shape index (κ1) is 17.0. The van der Waals surface area contributed by atoms with Gasteiger partial charge in [0.15, 0.2) is 0 Å². The van der Waals surface area contributed by atoms with Crippen LogP contribution in [0.5, 0.6) is 0 Å². The predicted octanol–water partition coefficient (Wildman–Crippen LogP) is 14.3. The van der Waals surface area contributed by atoms with Crippen LogP contribution in [0.3, 0.4) is 0 Å². The monoisotopic (exact) mass is 747 g/mol. The Hall–Kier alpha value is -7.62. The third kappa shape index (κ3) is 4.79. The fourth-order valence-corrected chi connectivity index (χ4v) is 7.77. The molecule has 0 bridgehead atoms. The van der Waals surface area contributed by atoms with Crippen molar-refractivity contribution in [3.05, 3.63) is 212 Å². The number of hydrogen-bond acceptors (Lipinski definition) is 0. The van der Waals surface area contributed by atoms with Crippen molar-refractivity contribution in [1.29, 1.82) is 0 Å². The lowest BCUT2D eigenvalue weighted by Crippen LogP contribution is -2.01. The lowest BCUT2D eigenvalue weighted by Gasteiger charge is -2.15. The van der Waals surface area contributed by atoms with Crippen LogP contribution in [-0.4, -0.2) is 13.7 Å². The van der Waals surface area contributed by atoms with E-state index in [1.165, 1.54) is 4.57 Å². The van der Waals surface area contributed by atoms with Crippen molar-refractivity contribution >= 4 is 65.4 Å². The number of aromatic nitrogens is 3. The summed E-state index contributed by atoms with van der Waals surface area (Å²) in [6, 6.07) is 6.84. The zero-order valence-corrected chi connectivity index (χ0v) is 29.3. The Bertz CT molecular complexity index is 4710. The van der Waals surface area contributed by atoms with E-state index < -0.39 is 188 Å². The summed E-state index contributed by atoms with van der Waals surface area (Å²) < 4.78 is 206. The summed E-state index contributed by atoms with van der Waals surface area (Å²) in [5.74, 6) is 0. The molecule has 0 N–H and O–H groups in total. The first-order valence-corrected chi connectivity index (χ1v) is 17.8. The van der Waals surface area contributed by atoms with Gasteiger partial charge in [0.1, 0.15) is 0 Å². The summed E-state index contributed by atoms with van der Waals surface area (Å²) in [6.07, 6.45) is 0.